The highest BCUT2D eigenvalue weighted by Gasteiger charge is 2.41. The van der Waals surface area contributed by atoms with Crippen LogP contribution >= 0.6 is 0 Å². The van der Waals surface area contributed by atoms with Crippen LogP contribution in [0, 0.1) is 5.82 Å². The van der Waals surface area contributed by atoms with Gasteiger partial charge in [-0.25, -0.2) is 13.9 Å². The third-order valence-electron chi connectivity index (χ3n) is 6.86. The van der Waals surface area contributed by atoms with Gasteiger partial charge < -0.3 is 24.4 Å². The maximum atomic E-state index is 14.7. The molecule has 0 aliphatic carbocycles. The van der Waals surface area contributed by atoms with E-state index in [-0.39, 0.29) is 17.1 Å². The molecule has 1 atom stereocenters. The number of nitrogens with zero attached hydrogens (tertiary/aromatic N) is 6. The number of aliphatic hydroxyl groups is 1. The van der Waals surface area contributed by atoms with Crippen molar-refractivity contribution in [2.75, 3.05) is 45.9 Å². The van der Waals surface area contributed by atoms with Gasteiger partial charge in [0.15, 0.2) is 0 Å². The number of cyclic esters (lactones) is 1. The van der Waals surface area contributed by atoms with Crippen molar-refractivity contribution in [2.24, 2.45) is 0 Å². The van der Waals surface area contributed by atoms with Gasteiger partial charge >= 0.3 is 5.97 Å². The number of aliphatic hydroxyl groups excluding tert-OH is 1. The number of ether oxygens (including phenoxy) is 2. The first kappa shape index (κ1) is 21.9. The van der Waals surface area contributed by atoms with Crippen LogP contribution in [0.5, 0.6) is 0 Å². The highest BCUT2D eigenvalue weighted by atomic mass is 19.1. The number of morpholine rings is 1. The molecule has 1 unspecified atom stereocenters. The summed E-state index contributed by atoms with van der Waals surface area (Å²) in [5, 5.41) is 21.5. The van der Waals surface area contributed by atoms with Crippen LogP contribution in [0.2, 0.25) is 0 Å². The lowest BCUT2D eigenvalue weighted by Gasteiger charge is -2.48. The minimum absolute atomic E-state index is 0.243. The lowest BCUT2D eigenvalue weighted by atomic mass is 9.88. The van der Waals surface area contributed by atoms with Gasteiger partial charge in [-0.1, -0.05) is 6.07 Å². The number of tetrazole rings is 1. The molecule has 3 aliphatic heterocycles. The largest absolute Gasteiger partial charge is 0.456 e. The molecule has 33 heavy (non-hydrogen) atoms. The van der Waals surface area contributed by atoms with Gasteiger partial charge in [0.05, 0.1) is 35.3 Å². The van der Waals surface area contributed by atoms with Gasteiger partial charge in [-0.05, 0) is 36.3 Å². The summed E-state index contributed by atoms with van der Waals surface area (Å²) in [5.41, 5.74) is 2.10. The van der Waals surface area contributed by atoms with Crippen molar-refractivity contribution in [1.82, 2.24) is 30.0 Å². The fraction of sp³-hybridized carbons (Fsp3) is 0.545. The van der Waals surface area contributed by atoms with Crippen LogP contribution < -0.4 is 0 Å². The third kappa shape index (κ3) is 4.35. The fourth-order valence-corrected chi connectivity index (χ4v) is 4.87. The molecule has 1 aromatic heterocycles. The van der Waals surface area contributed by atoms with E-state index in [0.717, 1.165) is 44.7 Å². The van der Waals surface area contributed by atoms with Crippen molar-refractivity contribution in [1.29, 1.82) is 0 Å². The maximum Gasteiger partial charge on any atom is 0.335 e. The summed E-state index contributed by atoms with van der Waals surface area (Å²) in [7, 11) is 0. The van der Waals surface area contributed by atoms with Gasteiger partial charge in [-0.2, -0.15) is 0 Å². The number of likely N-dealkylation sites (tertiary alicyclic amines) is 1. The normalized spacial score (nSPS) is 22.2. The van der Waals surface area contributed by atoms with E-state index >= 15 is 0 Å². The highest BCUT2D eigenvalue weighted by Crippen LogP contribution is 2.34. The SMILES string of the molecule is CC1=C(N2CCOC3(CCN(CC(O)c4ccc(-n5cnnn5)cc4F)CC3)C2)COC1=O. The minimum atomic E-state index is -0.944. The predicted octanol–water partition coefficient (Wildman–Crippen LogP) is 0.832. The summed E-state index contributed by atoms with van der Waals surface area (Å²) >= 11 is 0. The van der Waals surface area contributed by atoms with Gasteiger partial charge in [0.2, 0.25) is 0 Å². The van der Waals surface area contributed by atoms with E-state index in [9.17, 15) is 14.3 Å². The van der Waals surface area contributed by atoms with E-state index in [2.05, 4.69) is 25.3 Å². The van der Waals surface area contributed by atoms with Gasteiger partial charge in [-0.15, -0.1) is 5.10 Å². The number of β-amino-alcohol motifs (C(OH)–C–C–N with tert-alkyl or cyclic N) is 1. The van der Waals surface area contributed by atoms with Crippen LogP contribution in [0.15, 0.2) is 35.8 Å². The molecular formula is C22H27FN6O4. The monoisotopic (exact) mass is 458 g/mol. The van der Waals surface area contributed by atoms with Crippen LogP contribution in [0.1, 0.15) is 31.4 Å². The van der Waals surface area contributed by atoms with E-state index < -0.39 is 11.9 Å². The van der Waals surface area contributed by atoms with Crippen molar-refractivity contribution in [3.63, 3.8) is 0 Å². The smallest absolute Gasteiger partial charge is 0.335 e. The molecule has 1 N–H and O–H groups in total. The summed E-state index contributed by atoms with van der Waals surface area (Å²) in [6.07, 6.45) is 2.05. The van der Waals surface area contributed by atoms with E-state index in [4.69, 9.17) is 9.47 Å². The number of benzene rings is 1. The van der Waals surface area contributed by atoms with Crippen molar-refractivity contribution in [2.45, 2.75) is 31.5 Å². The molecule has 11 heteroatoms. The first-order valence-electron chi connectivity index (χ1n) is 11.1. The average molecular weight is 458 g/mol. The quantitative estimate of drug-likeness (QED) is 0.652. The number of rotatable bonds is 5. The van der Waals surface area contributed by atoms with Crippen LogP contribution in [0.25, 0.3) is 5.69 Å². The third-order valence-corrected chi connectivity index (χ3v) is 6.86. The Bertz CT molecular complexity index is 1050. The zero-order valence-corrected chi connectivity index (χ0v) is 18.5. The summed E-state index contributed by atoms with van der Waals surface area (Å²) in [5.74, 6) is -0.736. The molecule has 2 aromatic rings. The molecular weight excluding hydrogens is 431 g/mol. The molecule has 0 amide bonds. The Hall–Kier alpha value is -2.89. The lowest BCUT2D eigenvalue weighted by Crippen LogP contribution is -2.57. The van der Waals surface area contributed by atoms with Crippen molar-refractivity contribution in [3.05, 3.63) is 47.2 Å². The van der Waals surface area contributed by atoms with Gasteiger partial charge in [-0.3, -0.25) is 0 Å². The van der Waals surface area contributed by atoms with Crippen molar-refractivity contribution in [3.8, 4) is 5.69 Å². The molecule has 3 aliphatic rings. The predicted molar refractivity (Wildman–Crippen MR) is 114 cm³/mol. The van der Waals surface area contributed by atoms with E-state index in [1.165, 1.54) is 17.1 Å². The van der Waals surface area contributed by atoms with Gasteiger partial charge in [0.25, 0.3) is 0 Å². The molecule has 2 fully saturated rings. The van der Waals surface area contributed by atoms with Gasteiger partial charge in [0.1, 0.15) is 18.8 Å². The summed E-state index contributed by atoms with van der Waals surface area (Å²) in [6.45, 7) is 6.03. The highest BCUT2D eigenvalue weighted by molar-refractivity contribution is 5.90. The Morgan fingerprint density at radius 1 is 1.27 bits per heavy atom. The Kier molecular flexibility index (Phi) is 5.85. The van der Waals surface area contributed by atoms with Crippen LogP contribution in [0.4, 0.5) is 4.39 Å². The standard InChI is InChI=1S/C22H27FN6O4/c1-15-19(12-32-21(15)31)28-8-9-33-22(13-28)4-6-27(7-5-22)11-20(30)17-3-2-16(10-18(17)23)29-14-24-25-26-29/h2-3,10,14,20,30H,4-9,11-13H2,1H3. The van der Waals surface area contributed by atoms with E-state index in [0.29, 0.717) is 31.0 Å². The number of carbonyl (C=O) groups is 1. The van der Waals surface area contributed by atoms with Gasteiger partial charge in [0, 0.05) is 44.4 Å². The molecule has 1 aromatic carbocycles. The molecule has 2 saturated heterocycles. The zero-order valence-electron chi connectivity index (χ0n) is 18.5. The number of aromatic nitrogens is 4. The van der Waals surface area contributed by atoms with Crippen LogP contribution in [0.3, 0.4) is 0 Å². The van der Waals surface area contributed by atoms with E-state index in [1.807, 2.05) is 6.92 Å². The second-order valence-corrected chi connectivity index (χ2v) is 8.88. The number of esters is 1. The molecule has 5 rings (SSSR count). The molecule has 10 nitrogen and oxygen atoms in total. The second kappa shape index (κ2) is 8.81. The van der Waals surface area contributed by atoms with E-state index in [1.54, 1.807) is 12.1 Å². The van der Waals surface area contributed by atoms with Crippen LogP contribution in [-0.4, -0.2) is 92.6 Å². The Balaban J connectivity index is 1.19. The number of carbonyl (C=O) groups excluding carboxylic acids is 1. The first-order valence-corrected chi connectivity index (χ1v) is 11.1. The number of hydrogen-bond donors (Lipinski definition) is 1. The number of piperidine rings is 1. The lowest BCUT2D eigenvalue weighted by molar-refractivity contribution is -0.137. The van der Waals surface area contributed by atoms with Crippen molar-refractivity contribution < 1.29 is 23.8 Å². The first-order chi connectivity index (χ1) is 15.9. The molecule has 4 heterocycles. The Morgan fingerprint density at radius 3 is 2.76 bits per heavy atom. The Morgan fingerprint density at radius 2 is 2.09 bits per heavy atom. The zero-order chi connectivity index (χ0) is 23.0. The average Bonchev–Trinajstić information content (AvgIpc) is 3.46. The molecule has 176 valence electrons. The molecule has 0 bridgehead atoms. The fourth-order valence-electron chi connectivity index (χ4n) is 4.87. The summed E-state index contributed by atoms with van der Waals surface area (Å²) < 4.78 is 27.4. The Labute approximate surface area is 190 Å². The second-order valence-electron chi connectivity index (χ2n) is 8.88. The molecule has 0 radical (unpaired) electrons. The van der Waals surface area contributed by atoms with Crippen LogP contribution in [-0.2, 0) is 14.3 Å². The maximum absolute atomic E-state index is 14.7. The van der Waals surface area contributed by atoms with Crippen molar-refractivity contribution >= 4 is 5.97 Å². The summed E-state index contributed by atoms with van der Waals surface area (Å²) in [6, 6.07) is 4.58. The molecule has 0 saturated carbocycles. The number of hydrogen-bond acceptors (Lipinski definition) is 9. The topological polar surface area (TPSA) is 106 Å². The minimum Gasteiger partial charge on any atom is -0.456 e. The molecule has 1 spiro atoms. The summed E-state index contributed by atoms with van der Waals surface area (Å²) in [4.78, 5) is 16.1. The number of halogens is 1.